The minimum absolute atomic E-state index is 0.356. The molecule has 1 N–H and O–H groups in total. The summed E-state index contributed by atoms with van der Waals surface area (Å²) < 4.78 is 6.76. The molecule has 0 bridgehead atoms. The predicted octanol–water partition coefficient (Wildman–Crippen LogP) is 5.17. The minimum atomic E-state index is 0.356. The molecule has 7 heteroatoms. The standard InChI is InChI=1S/C21H13N5OS/c1-2-17(24-18-8-7-15(12-23)19-16(18)9-10-28-19)21-26-25-20(27-21)14-5-3-13(11-22)4-6-14/h2-10,24H,1H3. The number of nitriles is 2. The summed E-state index contributed by atoms with van der Waals surface area (Å²) in [7, 11) is 0. The van der Waals surface area contributed by atoms with Crippen LogP contribution in [0, 0.1) is 22.7 Å². The highest BCUT2D eigenvalue weighted by molar-refractivity contribution is 7.17. The first-order valence-electron chi connectivity index (χ1n) is 8.41. The Bertz CT molecular complexity index is 1270. The monoisotopic (exact) mass is 383 g/mol. The van der Waals surface area contributed by atoms with Crippen molar-refractivity contribution >= 4 is 32.8 Å². The average molecular weight is 383 g/mol. The van der Waals surface area contributed by atoms with Crippen molar-refractivity contribution in [3.63, 3.8) is 0 Å². The molecule has 2 heterocycles. The lowest BCUT2D eigenvalue weighted by Gasteiger charge is -2.09. The molecular formula is C21H13N5OS. The van der Waals surface area contributed by atoms with E-state index < -0.39 is 0 Å². The summed E-state index contributed by atoms with van der Waals surface area (Å²) in [6.07, 6.45) is 1.85. The summed E-state index contributed by atoms with van der Waals surface area (Å²) in [5, 5.41) is 32.7. The van der Waals surface area contributed by atoms with Crippen LogP contribution in [0.2, 0.25) is 0 Å². The molecule has 6 nitrogen and oxygen atoms in total. The Balaban J connectivity index is 1.64. The summed E-state index contributed by atoms with van der Waals surface area (Å²) in [5.41, 5.74) is 3.50. The number of allylic oxidation sites excluding steroid dienone is 1. The van der Waals surface area contributed by atoms with E-state index in [0.29, 0.717) is 28.6 Å². The van der Waals surface area contributed by atoms with E-state index in [1.165, 1.54) is 11.3 Å². The summed E-state index contributed by atoms with van der Waals surface area (Å²) in [6, 6.07) is 16.9. The molecular weight excluding hydrogens is 370 g/mol. The van der Waals surface area contributed by atoms with Gasteiger partial charge in [0.15, 0.2) is 0 Å². The maximum Gasteiger partial charge on any atom is 0.264 e. The Labute approximate surface area is 165 Å². The fourth-order valence-electron chi connectivity index (χ4n) is 2.79. The van der Waals surface area contributed by atoms with E-state index in [-0.39, 0.29) is 0 Å². The van der Waals surface area contributed by atoms with E-state index in [4.69, 9.17) is 9.68 Å². The second-order valence-electron chi connectivity index (χ2n) is 5.86. The van der Waals surface area contributed by atoms with Crippen molar-refractivity contribution < 1.29 is 4.42 Å². The maximum atomic E-state index is 9.27. The van der Waals surface area contributed by atoms with Crippen molar-refractivity contribution in [3.05, 3.63) is 70.9 Å². The van der Waals surface area contributed by atoms with E-state index >= 15 is 0 Å². The summed E-state index contributed by atoms with van der Waals surface area (Å²) in [5.74, 6) is 0.732. The van der Waals surface area contributed by atoms with Crippen molar-refractivity contribution in [2.45, 2.75) is 6.92 Å². The van der Waals surface area contributed by atoms with Gasteiger partial charge in [-0.15, -0.1) is 21.5 Å². The van der Waals surface area contributed by atoms with Crippen LogP contribution in [-0.4, -0.2) is 10.2 Å². The number of nitrogens with one attached hydrogen (secondary N) is 1. The number of nitrogens with zero attached hydrogens (tertiary/aromatic N) is 4. The second kappa shape index (κ2) is 7.36. The minimum Gasteiger partial charge on any atom is -0.415 e. The lowest BCUT2D eigenvalue weighted by atomic mass is 10.1. The van der Waals surface area contributed by atoms with Gasteiger partial charge in [-0.1, -0.05) is 6.08 Å². The molecule has 0 unspecified atom stereocenters. The van der Waals surface area contributed by atoms with E-state index in [9.17, 15) is 5.26 Å². The fraction of sp³-hybridized carbons (Fsp3) is 0.0476. The lowest BCUT2D eigenvalue weighted by molar-refractivity contribution is 0.553. The first kappa shape index (κ1) is 17.5. The highest BCUT2D eigenvalue weighted by atomic mass is 32.1. The number of aromatic nitrogens is 2. The van der Waals surface area contributed by atoms with Crippen LogP contribution < -0.4 is 5.32 Å². The normalized spacial score (nSPS) is 11.2. The van der Waals surface area contributed by atoms with Crippen LogP contribution in [0.1, 0.15) is 23.9 Å². The fourth-order valence-corrected chi connectivity index (χ4v) is 3.68. The first-order chi connectivity index (χ1) is 13.7. The van der Waals surface area contributed by atoms with E-state index in [1.54, 1.807) is 30.3 Å². The molecule has 28 heavy (non-hydrogen) atoms. The Kier molecular flexibility index (Phi) is 4.59. The zero-order valence-corrected chi connectivity index (χ0v) is 15.6. The van der Waals surface area contributed by atoms with Gasteiger partial charge < -0.3 is 9.73 Å². The summed E-state index contributed by atoms with van der Waals surface area (Å²) in [4.78, 5) is 0. The zero-order chi connectivity index (χ0) is 19.5. The van der Waals surface area contributed by atoms with E-state index in [1.807, 2.05) is 30.5 Å². The molecule has 0 amide bonds. The van der Waals surface area contributed by atoms with Gasteiger partial charge in [0.05, 0.1) is 27.6 Å². The Morgan fingerprint density at radius 1 is 1.07 bits per heavy atom. The molecule has 0 radical (unpaired) electrons. The summed E-state index contributed by atoms with van der Waals surface area (Å²) in [6.45, 7) is 1.88. The molecule has 0 saturated heterocycles. The van der Waals surface area contributed by atoms with Crippen molar-refractivity contribution in [1.29, 1.82) is 10.5 Å². The molecule has 0 fully saturated rings. The molecule has 0 aliphatic carbocycles. The Morgan fingerprint density at radius 3 is 2.61 bits per heavy atom. The molecule has 0 aliphatic heterocycles. The van der Waals surface area contributed by atoms with Crippen LogP contribution in [0.5, 0.6) is 0 Å². The third-order valence-electron chi connectivity index (χ3n) is 4.21. The van der Waals surface area contributed by atoms with Crippen molar-refractivity contribution in [2.75, 3.05) is 5.32 Å². The van der Waals surface area contributed by atoms with Gasteiger partial charge in [-0.05, 0) is 54.8 Å². The van der Waals surface area contributed by atoms with Crippen LogP contribution in [0.4, 0.5) is 5.69 Å². The molecule has 4 aromatic rings. The van der Waals surface area contributed by atoms with E-state index in [0.717, 1.165) is 21.3 Å². The zero-order valence-electron chi connectivity index (χ0n) is 14.8. The predicted molar refractivity (Wildman–Crippen MR) is 108 cm³/mol. The molecule has 0 saturated carbocycles. The number of hydrogen-bond acceptors (Lipinski definition) is 7. The van der Waals surface area contributed by atoms with Crippen molar-refractivity contribution in [1.82, 2.24) is 10.2 Å². The van der Waals surface area contributed by atoms with Crippen LogP contribution in [0.25, 0.3) is 27.2 Å². The average Bonchev–Trinajstić information content (AvgIpc) is 3.42. The van der Waals surface area contributed by atoms with Gasteiger partial charge >= 0.3 is 0 Å². The number of thiophene rings is 1. The number of benzene rings is 2. The topological polar surface area (TPSA) is 98.5 Å². The van der Waals surface area contributed by atoms with Gasteiger partial charge in [0, 0.05) is 16.6 Å². The Morgan fingerprint density at radius 2 is 1.89 bits per heavy atom. The molecule has 0 atom stereocenters. The number of hydrogen-bond donors (Lipinski definition) is 1. The smallest absolute Gasteiger partial charge is 0.264 e. The number of anilines is 1. The largest absolute Gasteiger partial charge is 0.415 e. The van der Waals surface area contributed by atoms with Gasteiger partial charge in [-0.25, -0.2) is 0 Å². The third-order valence-corrected chi connectivity index (χ3v) is 5.16. The van der Waals surface area contributed by atoms with Gasteiger partial charge in [0.2, 0.25) is 5.89 Å². The summed E-state index contributed by atoms with van der Waals surface area (Å²) >= 11 is 1.53. The van der Waals surface area contributed by atoms with Crippen LogP contribution in [0.15, 0.2) is 58.3 Å². The molecule has 0 spiro atoms. The highest BCUT2D eigenvalue weighted by Gasteiger charge is 2.15. The highest BCUT2D eigenvalue weighted by Crippen LogP contribution is 2.33. The maximum absolute atomic E-state index is 9.27. The third kappa shape index (κ3) is 3.11. The van der Waals surface area contributed by atoms with Gasteiger partial charge in [0.25, 0.3) is 5.89 Å². The van der Waals surface area contributed by atoms with Crippen LogP contribution >= 0.6 is 11.3 Å². The van der Waals surface area contributed by atoms with E-state index in [2.05, 4.69) is 27.7 Å². The number of fused-ring (bicyclic) bond motifs is 1. The first-order valence-corrected chi connectivity index (χ1v) is 9.29. The van der Waals surface area contributed by atoms with Crippen LogP contribution in [0.3, 0.4) is 0 Å². The SMILES string of the molecule is CC=C(Nc1ccc(C#N)c2sccc12)c1nnc(-c2ccc(C#N)cc2)o1. The van der Waals surface area contributed by atoms with Crippen molar-refractivity contribution in [2.24, 2.45) is 0 Å². The van der Waals surface area contributed by atoms with Crippen molar-refractivity contribution in [3.8, 4) is 23.6 Å². The molecule has 2 aromatic heterocycles. The molecule has 4 rings (SSSR count). The molecule has 2 aromatic carbocycles. The van der Waals surface area contributed by atoms with Crippen LogP contribution in [-0.2, 0) is 0 Å². The Hall–Kier alpha value is -3.94. The quantitative estimate of drug-likeness (QED) is 0.522. The molecule has 134 valence electrons. The number of rotatable bonds is 4. The second-order valence-corrected chi connectivity index (χ2v) is 6.78. The van der Waals surface area contributed by atoms with Gasteiger partial charge in [-0.2, -0.15) is 10.5 Å². The molecule has 0 aliphatic rings. The van der Waals surface area contributed by atoms with Gasteiger partial charge in [-0.3, -0.25) is 0 Å². The van der Waals surface area contributed by atoms with Gasteiger partial charge in [0.1, 0.15) is 6.07 Å². The lowest BCUT2D eigenvalue weighted by Crippen LogP contribution is -1.99.